The molecule has 0 atom stereocenters. The van der Waals surface area contributed by atoms with E-state index in [-0.39, 0.29) is 0 Å². The Kier molecular flexibility index (Phi) is 1.72. The summed E-state index contributed by atoms with van der Waals surface area (Å²) in [6.07, 6.45) is 0. The molecule has 2 aromatic carbocycles. The van der Waals surface area contributed by atoms with E-state index in [0.29, 0.717) is 0 Å². The molecule has 0 unspecified atom stereocenters. The van der Waals surface area contributed by atoms with Crippen LogP contribution in [0.5, 0.6) is 0 Å². The molecule has 0 saturated carbocycles. The molecule has 3 aromatic heterocycles. The van der Waals surface area contributed by atoms with Crippen LogP contribution in [-0.2, 0) is 0 Å². The molecule has 3 nitrogen and oxygen atoms in total. The zero-order chi connectivity index (χ0) is 12.4. The van der Waals surface area contributed by atoms with E-state index in [9.17, 15) is 0 Å². The first-order valence-electron chi connectivity index (χ1n) is 5.91. The van der Waals surface area contributed by atoms with Gasteiger partial charge in [0.25, 0.3) is 0 Å². The van der Waals surface area contributed by atoms with E-state index in [1.807, 2.05) is 11.0 Å². The van der Waals surface area contributed by atoms with Gasteiger partial charge in [0.15, 0.2) is 0 Å². The number of fused-ring (bicyclic) bond motifs is 7. The Morgan fingerprint density at radius 1 is 0.737 bits per heavy atom. The van der Waals surface area contributed by atoms with E-state index in [4.69, 9.17) is 0 Å². The van der Waals surface area contributed by atoms with Crippen LogP contribution >= 0.6 is 22.7 Å². The number of aromatic nitrogens is 3. The number of hydrogen-bond acceptors (Lipinski definition) is 4. The minimum Gasteiger partial charge on any atom is -0.354 e. The van der Waals surface area contributed by atoms with Crippen molar-refractivity contribution in [1.82, 2.24) is 15.0 Å². The van der Waals surface area contributed by atoms with Gasteiger partial charge in [-0.3, -0.25) is 0 Å². The van der Waals surface area contributed by atoms with Crippen molar-refractivity contribution in [2.45, 2.75) is 0 Å². The highest BCUT2D eigenvalue weighted by Crippen LogP contribution is 2.38. The highest BCUT2D eigenvalue weighted by Gasteiger charge is 2.13. The van der Waals surface area contributed by atoms with Gasteiger partial charge >= 0.3 is 0 Å². The molecule has 0 radical (unpaired) electrons. The number of H-pyrrole nitrogens is 1. The quantitative estimate of drug-likeness (QED) is 0.453. The van der Waals surface area contributed by atoms with Crippen LogP contribution in [-0.4, -0.2) is 15.0 Å². The van der Waals surface area contributed by atoms with Gasteiger partial charge in [0.05, 0.1) is 31.5 Å². The van der Waals surface area contributed by atoms with Crippen LogP contribution in [0, 0.1) is 0 Å². The van der Waals surface area contributed by atoms with Crippen molar-refractivity contribution < 1.29 is 0 Å². The largest absolute Gasteiger partial charge is 0.354 e. The molecule has 19 heavy (non-hydrogen) atoms. The molecule has 1 N–H and O–H groups in total. The Morgan fingerprint density at radius 2 is 1.26 bits per heavy atom. The third kappa shape index (κ3) is 1.16. The van der Waals surface area contributed by atoms with Crippen molar-refractivity contribution in [2.75, 3.05) is 0 Å². The third-order valence-electron chi connectivity index (χ3n) is 3.52. The molecule has 0 spiro atoms. The van der Waals surface area contributed by atoms with Gasteiger partial charge in [-0.1, -0.05) is 0 Å². The molecule has 0 amide bonds. The highest BCUT2D eigenvalue weighted by atomic mass is 32.1. The number of hydrogen-bond donors (Lipinski definition) is 1. The lowest BCUT2D eigenvalue weighted by Crippen LogP contribution is -1.71. The molecule has 5 rings (SSSR count). The van der Waals surface area contributed by atoms with E-state index >= 15 is 0 Å². The fourth-order valence-electron chi connectivity index (χ4n) is 2.71. The van der Waals surface area contributed by atoms with E-state index in [1.165, 1.54) is 31.2 Å². The molecule has 5 aromatic rings. The van der Waals surface area contributed by atoms with Crippen LogP contribution in [0.1, 0.15) is 0 Å². The van der Waals surface area contributed by atoms with Gasteiger partial charge in [0, 0.05) is 21.8 Å². The summed E-state index contributed by atoms with van der Waals surface area (Å²) in [7, 11) is 0. The smallest absolute Gasteiger partial charge is 0.0819 e. The fourth-order valence-corrected chi connectivity index (χ4v) is 4.39. The lowest BCUT2D eigenvalue weighted by atomic mass is 10.1. The number of rotatable bonds is 0. The Balaban J connectivity index is 2.23. The Bertz CT molecular complexity index is 983. The van der Waals surface area contributed by atoms with Crippen LogP contribution in [0.25, 0.3) is 42.2 Å². The number of benzene rings is 2. The summed E-state index contributed by atoms with van der Waals surface area (Å²) in [6.45, 7) is 0. The van der Waals surface area contributed by atoms with Crippen molar-refractivity contribution in [3.05, 3.63) is 35.3 Å². The van der Waals surface area contributed by atoms with Gasteiger partial charge < -0.3 is 4.98 Å². The maximum absolute atomic E-state index is 4.42. The monoisotopic (exact) mass is 281 g/mol. The van der Waals surface area contributed by atoms with E-state index in [0.717, 1.165) is 11.0 Å². The molecule has 0 aliphatic heterocycles. The van der Waals surface area contributed by atoms with Crippen molar-refractivity contribution in [3.8, 4) is 0 Å². The number of thiazole rings is 2. The summed E-state index contributed by atoms with van der Waals surface area (Å²) in [5.74, 6) is 0. The Morgan fingerprint density at radius 3 is 1.79 bits per heavy atom. The molecule has 5 heteroatoms. The summed E-state index contributed by atoms with van der Waals surface area (Å²) in [5.41, 5.74) is 8.31. The zero-order valence-electron chi connectivity index (χ0n) is 9.68. The average Bonchev–Trinajstić information content (AvgIpc) is 3.13. The Labute approximate surface area is 115 Å². The van der Waals surface area contributed by atoms with Gasteiger partial charge in [0.1, 0.15) is 0 Å². The molecule has 0 saturated heterocycles. The predicted octanol–water partition coefficient (Wildman–Crippen LogP) is 4.54. The molecule has 0 aliphatic carbocycles. The molecule has 0 aliphatic rings. The summed E-state index contributed by atoms with van der Waals surface area (Å²) in [6, 6.07) is 8.38. The average molecular weight is 281 g/mol. The van der Waals surface area contributed by atoms with Crippen molar-refractivity contribution >= 4 is 64.9 Å². The van der Waals surface area contributed by atoms with Crippen LogP contribution in [0.3, 0.4) is 0 Å². The molecular weight excluding hydrogens is 274 g/mol. The van der Waals surface area contributed by atoms with Gasteiger partial charge in [-0.2, -0.15) is 0 Å². The molecule has 90 valence electrons. The van der Waals surface area contributed by atoms with E-state index in [1.54, 1.807) is 22.7 Å². The molecule has 0 fully saturated rings. The topological polar surface area (TPSA) is 41.6 Å². The maximum Gasteiger partial charge on any atom is 0.0819 e. The van der Waals surface area contributed by atoms with Crippen LogP contribution in [0.15, 0.2) is 35.3 Å². The highest BCUT2D eigenvalue weighted by molar-refractivity contribution is 7.19. The second kappa shape index (κ2) is 3.31. The van der Waals surface area contributed by atoms with Gasteiger partial charge in [-0.05, 0) is 24.3 Å². The minimum atomic E-state index is 1.07. The fraction of sp³-hybridized carbons (Fsp3) is 0. The van der Waals surface area contributed by atoms with Gasteiger partial charge in [0.2, 0.25) is 0 Å². The van der Waals surface area contributed by atoms with Crippen molar-refractivity contribution in [3.63, 3.8) is 0 Å². The van der Waals surface area contributed by atoms with Crippen LogP contribution < -0.4 is 0 Å². The molecular formula is C14H7N3S2. The minimum absolute atomic E-state index is 1.07. The van der Waals surface area contributed by atoms with E-state index in [2.05, 4.69) is 39.2 Å². The summed E-state index contributed by atoms with van der Waals surface area (Å²) in [5, 5.41) is 2.56. The first-order valence-corrected chi connectivity index (χ1v) is 7.67. The Hall–Kier alpha value is -1.98. The summed E-state index contributed by atoms with van der Waals surface area (Å²) >= 11 is 3.40. The van der Waals surface area contributed by atoms with Crippen molar-refractivity contribution in [2.24, 2.45) is 0 Å². The molecule has 0 bridgehead atoms. The number of nitrogens with zero attached hydrogens (tertiary/aromatic N) is 2. The van der Waals surface area contributed by atoms with Gasteiger partial charge in [-0.15, -0.1) is 22.7 Å². The van der Waals surface area contributed by atoms with Crippen LogP contribution in [0.4, 0.5) is 0 Å². The standard InChI is InChI=1S/C14H7N3S2/c1-3-9-13(18-5-15-9)11-7(1)17-8-2-4-10-14(12(8)11)19-6-16-10/h1-6,17H. The second-order valence-corrected chi connectivity index (χ2v) is 6.21. The first-order chi connectivity index (χ1) is 9.42. The predicted molar refractivity (Wildman–Crippen MR) is 82.2 cm³/mol. The van der Waals surface area contributed by atoms with Crippen molar-refractivity contribution in [1.29, 1.82) is 0 Å². The summed E-state index contributed by atoms with van der Waals surface area (Å²) < 4.78 is 2.51. The molecule has 3 heterocycles. The van der Waals surface area contributed by atoms with Crippen LogP contribution in [0.2, 0.25) is 0 Å². The number of aromatic amines is 1. The SMILES string of the molecule is c1nc2ccc3[nH]c4ccc5ncsc5c4c3c2s1. The first kappa shape index (κ1) is 9.89. The lowest BCUT2D eigenvalue weighted by molar-refractivity contribution is 1.49. The second-order valence-electron chi connectivity index (χ2n) is 4.50. The lowest BCUT2D eigenvalue weighted by Gasteiger charge is -1.94. The third-order valence-corrected chi connectivity index (χ3v) is 5.24. The summed E-state index contributed by atoms with van der Waals surface area (Å²) in [4.78, 5) is 12.3. The maximum atomic E-state index is 4.42. The van der Waals surface area contributed by atoms with Gasteiger partial charge in [-0.25, -0.2) is 9.97 Å². The number of nitrogens with one attached hydrogen (secondary N) is 1. The van der Waals surface area contributed by atoms with E-state index < -0.39 is 0 Å². The normalized spacial score (nSPS) is 12.2. The zero-order valence-corrected chi connectivity index (χ0v) is 11.3.